The Labute approximate surface area is 188 Å². The third-order valence-electron chi connectivity index (χ3n) is 5.28. The second kappa shape index (κ2) is 9.85. The van der Waals surface area contributed by atoms with Crippen LogP contribution in [0.4, 0.5) is 4.39 Å². The zero-order chi connectivity index (χ0) is 23.4. The molecule has 3 aromatic rings. The molecule has 0 aliphatic rings. The van der Waals surface area contributed by atoms with E-state index in [-0.39, 0.29) is 30.3 Å². The van der Waals surface area contributed by atoms with Crippen molar-refractivity contribution in [1.29, 1.82) is 0 Å². The zero-order valence-corrected chi connectivity index (χ0v) is 19.4. The van der Waals surface area contributed by atoms with Crippen molar-refractivity contribution in [1.82, 2.24) is 15.1 Å². The van der Waals surface area contributed by atoms with Crippen LogP contribution >= 0.6 is 0 Å². The number of aryl methyl sites for hydroxylation is 1. The molecule has 0 bridgehead atoms. The summed E-state index contributed by atoms with van der Waals surface area (Å²) in [6.45, 7) is 9.62. The van der Waals surface area contributed by atoms with Crippen molar-refractivity contribution in [2.45, 2.75) is 53.2 Å². The predicted octanol–water partition coefficient (Wildman–Crippen LogP) is 4.84. The van der Waals surface area contributed by atoms with E-state index in [9.17, 15) is 9.18 Å². The normalized spacial score (nSPS) is 12.0. The number of amides is 1. The highest BCUT2D eigenvalue weighted by Gasteiger charge is 2.18. The van der Waals surface area contributed by atoms with E-state index >= 15 is 0 Å². The number of aromatic nitrogens is 2. The fraction of sp³-hybridized carbons (Fsp3) is 0.360. The lowest BCUT2D eigenvalue weighted by molar-refractivity contribution is -0.121. The van der Waals surface area contributed by atoms with Gasteiger partial charge in [-0.05, 0) is 76.6 Å². The summed E-state index contributed by atoms with van der Waals surface area (Å²) in [5.41, 5.74) is 4.15. The first kappa shape index (κ1) is 23.3. The molecule has 0 radical (unpaired) electrons. The van der Waals surface area contributed by atoms with Gasteiger partial charge in [-0.2, -0.15) is 5.10 Å². The van der Waals surface area contributed by atoms with Gasteiger partial charge in [-0.3, -0.25) is 4.79 Å². The first-order chi connectivity index (χ1) is 15.2. The summed E-state index contributed by atoms with van der Waals surface area (Å²) in [6, 6.07) is 11.6. The lowest BCUT2D eigenvalue weighted by Crippen LogP contribution is -2.28. The number of carbonyl (C=O) groups excluding carboxylic acids is 1. The van der Waals surface area contributed by atoms with Gasteiger partial charge < -0.3 is 14.8 Å². The van der Waals surface area contributed by atoms with Gasteiger partial charge in [-0.1, -0.05) is 6.07 Å². The lowest BCUT2D eigenvalue weighted by atomic mass is 10.1. The van der Waals surface area contributed by atoms with E-state index in [2.05, 4.69) is 10.4 Å². The van der Waals surface area contributed by atoms with E-state index in [1.54, 1.807) is 23.9 Å². The highest BCUT2D eigenvalue weighted by molar-refractivity contribution is 5.79. The summed E-state index contributed by atoms with van der Waals surface area (Å²) in [4.78, 5) is 12.8. The molecule has 3 rings (SSSR count). The number of halogens is 1. The van der Waals surface area contributed by atoms with Crippen molar-refractivity contribution >= 4 is 5.91 Å². The number of carbonyl (C=O) groups is 1. The summed E-state index contributed by atoms with van der Waals surface area (Å²) < 4.78 is 26.2. The maximum atomic E-state index is 13.2. The monoisotopic (exact) mass is 439 g/mol. The van der Waals surface area contributed by atoms with Crippen molar-refractivity contribution in [2.24, 2.45) is 0 Å². The number of rotatable bonds is 8. The quantitative estimate of drug-likeness (QED) is 0.545. The van der Waals surface area contributed by atoms with Crippen LogP contribution < -0.4 is 14.8 Å². The summed E-state index contributed by atoms with van der Waals surface area (Å²) in [7, 11) is 1.60. The van der Waals surface area contributed by atoms with Gasteiger partial charge in [0.2, 0.25) is 5.91 Å². The Morgan fingerprint density at radius 1 is 1.09 bits per heavy atom. The van der Waals surface area contributed by atoms with Crippen molar-refractivity contribution < 1.29 is 18.7 Å². The van der Waals surface area contributed by atoms with Gasteiger partial charge in [0.05, 0.1) is 37.1 Å². The Kier molecular flexibility index (Phi) is 7.18. The first-order valence-corrected chi connectivity index (χ1v) is 10.6. The second-order valence-electron chi connectivity index (χ2n) is 8.08. The molecule has 0 saturated heterocycles. The first-order valence-electron chi connectivity index (χ1n) is 10.6. The molecule has 0 saturated carbocycles. The minimum absolute atomic E-state index is 0.0363. The van der Waals surface area contributed by atoms with Crippen LogP contribution in [0.5, 0.6) is 11.5 Å². The maximum absolute atomic E-state index is 13.2. The SMILES string of the molecule is COc1cc(C(C)NC(=O)Cc2c(C)nn(-c3ccc(F)cc3)c2C)ccc1OC(C)C. The van der Waals surface area contributed by atoms with E-state index in [1.807, 2.05) is 52.8 Å². The molecule has 1 heterocycles. The summed E-state index contributed by atoms with van der Waals surface area (Å²) in [5.74, 6) is 0.891. The Bertz CT molecular complexity index is 1090. The molecular formula is C25H30FN3O3. The Hall–Kier alpha value is -3.35. The Morgan fingerprint density at radius 3 is 2.41 bits per heavy atom. The fourth-order valence-electron chi connectivity index (χ4n) is 3.61. The highest BCUT2D eigenvalue weighted by atomic mass is 19.1. The van der Waals surface area contributed by atoms with Crippen LogP contribution in [0.15, 0.2) is 42.5 Å². The third kappa shape index (κ3) is 5.28. The van der Waals surface area contributed by atoms with E-state index in [0.29, 0.717) is 11.5 Å². The van der Waals surface area contributed by atoms with Crippen molar-refractivity contribution in [3.05, 3.63) is 70.8 Å². The topological polar surface area (TPSA) is 65.4 Å². The molecule has 0 aliphatic heterocycles. The number of methoxy groups -OCH3 is 1. The minimum Gasteiger partial charge on any atom is -0.493 e. The van der Waals surface area contributed by atoms with Gasteiger partial charge in [-0.25, -0.2) is 9.07 Å². The molecule has 2 aromatic carbocycles. The Morgan fingerprint density at radius 2 is 1.78 bits per heavy atom. The average Bonchev–Trinajstić information content (AvgIpc) is 3.02. The van der Waals surface area contributed by atoms with Crippen LogP contribution in [0.1, 0.15) is 49.3 Å². The van der Waals surface area contributed by atoms with Gasteiger partial charge in [0.1, 0.15) is 5.82 Å². The molecule has 0 fully saturated rings. The van der Waals surface area contributed by atoms with Crippen molar-refractivity contribution in [3.63, 3.8) is 0 Å². The van der Waals surface area contributed by atoms with Crippen molar-refractivity contribution in [2.75, 3.05) is 7.11 Å². The standard InChI is InChI=1S/C25H30FN3O3/c1-15(2)32-23-12-7-19(13-24(23)31-6)16(3)27-25(30)14-22-17(4)28-29(18(22)5)21-10-8-20(26)9-11-21/h7-13,15-16H,14H2,1-6H3,(H,27,30). The summed E-state index contributed by atoms with van der Waals surface area (Å²) in [5, 5.41) is 7.59. The third-order valence-corrected chi connectivity index (χ3v) is 5.28. The molecule has 0 aliphatic carbocycles. The molecule has 170 valence electrons. The van der Waals surface area contributed by atoms with Gasteiger partial charge in [0, 0.05) is 11.3 Å². The number of ether oxygens (including phenoxy) is 2. The molecule has 1 unspecified atom stereocenters. The van der Waals surface area contributed by atoms with Crippen LogP contribution in [-0.2, 0) is 11.2 Å². The van der Waals surface area contributed by atoms with E-state index in [4.69, 9.17) is 9.47 Å². The smallest absolute Gasteiger partial charge is 0.225 e. The molecule has 1 N–H and O–H groups in total. The summed E-state index contributed by atoms with van der Waals surface area (Å²) in [6.07, 6.45) is 0.240. The van der Waals surface area contributed by atoms with Crippen LogP contribution in [0, 0.1) is 19.7 Å². The molecule has 7 heteroatoms. The molecule has 32 heavy (non-hydrogen) atoms. The van der Waals surface area contributed by atoms with E-state index < -0.39 is 0 Å². The minimum atomic E-state index is -0.302. The van der Waals surface area contributed by atoms with Gasteiger partial charge >= 0.3 is 0 Å². The number of benzene rings is 2. The Balaban J connectivity index is 1.72. The van der Waals surface area contributed by atoms with Crippen LogP contribution in [0.25, 0.3) is 5.69 Å². The largest absolute Gasteiger partial charge is 0.493 e. The number of nitrogens with one attached hydrogen (secondary N) is 1. The number of nitrogens with zero attached hydrogens (tertiary/aromatic N) is 2. The van der Waals surface area contributed by atoms with Gasteiger partial charge in [0.25, 0.3) is 0 Å². The molecule has 0 spiro atoms. The zero-order valence-electron chi connectivity index (χ0n) is 19.4. The maximum Gasteiger partial charge on any atom is 0.225 e. The second-order valence-corrected chi connectivity index (χ2v) is 8.08. The predicted molar refractivity (Wildman–Crippen MR) is 122 cm³/mol. The van der Waals surface area contributed by atoms with Crippen LogP contribution in [0.3, 0.4) is 0 Å². The average molecular weight is 440 g/mol. The van der Waals surface area contributed by atoms with Crippen molar-refractivity contribution in [3.8, 4) is 17.2 Å². The van der Waals surface area contributed by atoms with Crippen LogP contribution in [-0.4, -0.2) is 28.9 Å². The molecule has 1 amide bonds. The number of hydrogen-bond acceptors (Lipinski definition) is 4. The molecule has 1 aromatic heterocycles. The van der Waals surface area contributed by atoms with Crippen LogP contribution in [0.2, 0.25) is 0 Å². The molecule has 1 atom stereocenters. The van der Waals surface area contributed by atoms with E-state index in [0.717, 1.165) is 28.2 Å². The molecule has 6 nitrogen and oxygen atoms in total. The van der Waals surface area contributed by atoms with Gasteiger partial charge in [0.15, 0.2) is 11.5 Å². The van der Waals surface area contributed by atoms with Gasteiger partial charge in [-0.15, -0.1) is 0 Å². The summed E-state index contributed by atoms with van der Waals surface area (Å²) >= 11 is 0. The fourth-order valence-corrected chi connectivity index (χ4v) is 3.61. The molecular weight excluding hydrogens is 409 g/mol. The number of hydrogen-bond donors (Lipinski definition) is 1. The van der Waals surface area contributed by atoms with E-state index in [1.165, 1.54) is 12.1 Å². The highest BCUT2D eigenvalue weighted by Crippen LogP contribution is 2.31. The lowest BCUT2D eigenvalue weighted by Gasteiger charge is -2.18.